The van der Waals surface area contributed by atoms with Gasteiger partial charge in [0.05, 0.1) is 6.61 Å². The van der Waals surface area contributed by atoms with Gasteiger partial charge in [-0.1, -0.05) is 23.4 Å². The van der Waals surface area contributed by atoms with Gasteiger partial charge < -0.3 is 10.4 Å². The molecule has 0 aromatic heterocycles. The topological polar surface area (TPSA) is 49.3 Å². The molecule has 0 saturated carbocycles. The highest BCUT2D eigenvalue weighted by atomic mass is 35.5. The number of aliphatic hydroxyl groups is 1. The molecule has 2 rings (SSSR count). The van der Waals surface area contributed by atoms with E-state index in [9.17, 15) is 4.79 Å². The Balaban J connectivity index is 2.02. The number of benzene rings is 2. The zero-order chi connectivity index (χ0) is 15.1. The van der Waals surface area contributed by atoms with Crippen LogP contribution in [0.4, 0.5) is 5.69 Å². The zero-order valence-electron chi connectivity index (χ0n) is 11.3. The second kappa shape index (κ2) is 7.49. The Morgan fingerprint density at radius 3 is 2.38 bits per heavy atom. The Morgan fingerprint density at radius 2 is 1.76 bits per heavy atom. The lowest BCUT2D eigenvalue weighted by Crippen LogP contribution is -2.11. The van der Waals surface area contributed by atoms with Crippen molar-refractivity contribution >= 4 is 23.2 Å². The highest BCUT2D eigenvalue weighted by Crippen LogP contribution is 2.13. The Hall–Kier alpha value is -2.28. The van der Waals surface area contributed by atoms with Gasteiger partial charge in [0.15, 0.2) is 0 Å². The average Bonchev–Trinajstić information content (AvgIpc) is 2.50. The van der Waals surface area contributed by atoms with Crippen LogP contribution in [0.1, 0.15) is 22.3 Å². The van der Waals surface area contributed by atoms with Gasteiger partial charge in [0, 0.05) is 28.3 Å². The lowest BCUT2D eigenvalue weighted by molar-refractivity contribution is 0.102. The third kappa shape index (κ3) is 4.64. The van der Waals surface area contributed by atoms with Gasteiger partial charge in [-0.25, -0.2) is 0 Å². The monoisotopic (exact) mass is 299 g/mol. The summed E-state index contributed by atoms with van der Waals surface area (Å²) in [5.41, 5.74) is 2.09. The molecule has 2 aromatic carbocycles. The summed E-state index contributed by atoms with van der Waals surface area (Å²) >= 11 is 5.79. The summed E-state index contributed by atoms with van der Waals surface area (Å²) in [6.07, 6.45) is 0.453. The quantitative estimate of drug-likeness (QED) is 0.854. The Bertz CT molecular complexity index is 667. The van der Waals surface area contributed by atoms with Gasteiger partial charge in [0.1, 0.15) is 0 Å². The van der Waals surface area contributed by atoms with Crippen molar-refractivity contribution in [1.29, 1.82) is 0 Å². The molecule has 0 fully saturated rings. The van der Waals surface area contributed by atoms with Crippen LogP contribution < -0.4 is 5.32 Å². The molecule has 0 aliphatic heterocycles. The summed E-state index contributed by atoms with van der Waals surface area (Å²) in [5, 5.41) is 12.1. The minimum atomic E-state index is -0.189. The number of halogens is 1. The first-order chi connectivity index (χ1) is 10.2. The maximum absolute atomic E-state index is 12.0. The fraction of sp³-hybridized carbons (Fsp3) is 0.118. The number of anilines is 1. The maximum Gasteiger partial charge on any atom is 0.255 e. The van der Waals surface area contributed by atoms with E-state index in [0.29, 0.717) is 22.7 Å². The molecule has 0 radical (unpaired) electrons. The molecule has 2 N–H and O–H groups in total. The van der Waals surface area contributed by atoms with Crippen molar-refractivity contribution in [3.63, 3.8) is 0 Å². The van der Waals surface area contributed by atoms with Crippen LogP contribution in [0.15, 0.2) is 48.5 Å². The molecular weight excluding hydrogens is 286 g/mol. The van der Waals surface area contributed by atoms with Gasteiger partial charge in [-0.05, 0) is 48.5 Å². The lowest BCUT2D eigenvalue weighted by Gasteiger charge is -2.05. The number of amides is 1. The van der Waals surface area contributed by atoms with Crippen molar-refractivity contribution in [3.05, 3.63) is 64.7 Å². The Labute approximate surface area is 128 Å². The molecule has 106 valence electrons. The van der Waals surface area contributed by atoms with Crippen molar-refractivity contribution in [2.75, 3.05) is 11.9 Å². The fourth-order valence-corrected chi connectivity index (χ4v) is 1.79. The van der Waals surface area contributed by atoms with E-state index in [-0.39, 0.29) is 12.5 Å². The summed E-state index contributed by atoms with van der Waals surface area (Å²) in [7, 11) is 0. The number of aliphatic hydroxyl groups excluding tert-OH is 1. The molecule has 0 heterocycles. The van der Waals surface area contributed by atoms with Crippen LogP contribution in [0.5, 0.6) is 0 Å². The number of rotatable bonds is 3. The van der Waals surface area contributed by atoms with Gasteiger partial charge in [-0.3, -0.25) is 4.79 Å². The summed E-state index contributed by atoms with van der Waals surface area (Å²) < 4.78 is 0. The molecule has 0 unspecified atom stereocenters. The van der Waals surface area contributed by atoms with Gasteiger partial charge in [-0.15, -0.1) is 0 Å². The minimum absolute atomic E-state index is 0.0578. The SMILES string of the molecule is O=C(Nc1ccc(C#CCCO)cc1)c1ccc(Cl)cc1. The zero-order valence-corrected chi connectivity index (χ0v) is 12.0. The number of carbonyl (C=O) groups is 1. The van der Waals surface area contributed by atoms with Crippen molar-refractivity contribution in [3.8, 4) is 11.8 Å². The van der Waals surface area contributed by atoms with E-state index in [0.717, 1.165) is 5.56 Å². The van der Waals surface area contributed by atoms with Crippen LogP contribution in [0.2, 0.25) is 5.02 Å². The normalized spacial score (nSPS) is 9.62. The second-order valence-electron chi connectivity index (χ2n) is 4.31. The van der Waals surface area contributed by atoms with E-state index < -0.39 is 0 Å². The number of hydrogen-bond donors (Lipinski definition) is 2. The van der Waals surface area contributed by atoms with Crippen LogP contribution in [0.25, 0.3) is 0 Å². The summed E-state index contributed by atoms with van der Waals surface area (Å²) in [5.74, 6) is 5.58. The molecule has 0 spiro atoms. The third-order valence-electron chi connectivity index (χ3n) is 2.72. The van der Waals surface area contributed by atoms with E-state index in [1.807, 2.05) is 12.1 Å². The number of nitrogens with one attached hydrogen (secondary N) is 1. The van der Waals surface area contributed by atoms with E-state index in [2.05, 4.69) is 17.2 Å². The van der Waals surface area contributed by atoms with E-state index in [1.54, 1.807) is 36.4 Å². The van der Waals surface area contributed by atoms with Crippen LogP contribution in [0, 0.1) is 11.8 Å². The van der Waals surface area contributed by atoms with Gasteiger partial charge in [0.25, 0.3) is 5.91 Å². The van der Waals surface area contributed by atoms with Crippen LogP contribution in [0.3, 0.4) is 0 Å². The third-order valence-corrected chi connectivity index (χ3v) is 2.97. The van der Waals surface area contributed by atoms with E-state index in [4.69, 9.17) is 16.7 Å². The highest BCUT2D eigenvalue weighted by Gasteiger charge is 2.05. The van der Waals surface area contributed by atoms with Gasteiger partial charge in [0.2, 0.25) is 0 Å². The van der Waals surface area contributed by atoms with Crippen LogP contribution >= 0.6 is 11.6 Å². The molecule has 21 heavy (non-hydrogen) atoms. The van der Waals surface area contributed by atoms with Crippen molar-refractivity contribution in [2.45, 2.75) is 6.42 Å². The molecule has 0 saturated heterocycles. The number of carbonyl (C=O) groups excluding carboxylic acids is 1. The van der Waals surface area contributed by atoms with Gasteiger partial charge in [-0.2, -0.15) is 0 Å². The molecule has 0 aliphatic carbocycles. The standard InChI is InChI=1S/C17H14ClNO2/c18-15-8-6-14(7-9-15)17(21)19-16-10-4-13(5-11-16)3-1-2-12-20/h4-11,20H,2,12H2,(H,19,21). The lowest BCUT2D eigenvalue weighted by atomic mass is 10.2. The molecule has 0 aliphatic rings. The smallest absolute Gasteiger partial charge is 0.255 e. The Morgan fingerprint density at radius 1 is 1.10 bits per heavy atom. The maximum atomic E-state index is 12.0. The summed E-state index contributed by atoms with van der Waals surface area (Å²) in [6.45, 7) is 0.0578. The van der Waals surface area contributed by atoms with Crippen molar-refractivity contribution < 1.29 is 9.90 Å². The predicted octanol–water partition coefficient (Wildman–Crippen LogP) is 3.33. The number of hydrogen-bond acceptors (Lipinski definition) is 2. The van der Waals surface area contributed by atoms with Gasteiger partial charge >= 0.3 is 0 Å². The summed E-state index contributed by atoms with van der Waals surface area (Å²) in [4.78, 5) is 12.0. The van der Waals surface area contributed by atoms with Crippen LogP contribution in [-0.2, 0) is 0 Å². The Kier molecular flexibility index (Phi) is 5.39. The van der Waals surface area contributed by atoms with Crippen molar-refractivity contribution in [1.82, 2.24) is 0 Å². The minimum Gasteiger partial charge on any atom is -0.395 e. The molecule has 1 amide bonds. The predicted molar refractivity (Wildman–Crippen MR) is 84.4 cm³/mol. The summed E-state index contributed by atoms with van der Waals surface area (Å²) in [6, 6.07) is 13.9. The molecule has 3 nitrogen and oxygen atoms in total. The largest absolute Gasteiger partial charge is 0.395 e. The molecule has 0 bridgehead atoms. The first kappa shape index (κ1) is 15.1. The first-order valence-corrected chi connectivity index (χ1v) is 6.83. The van der Waals surface area contributed by atoms with E-state index >= 15 is 0 Å². The van der Waals surface area contributed by atoms with Crippen molar-refractivity contribution in [2.24, 2.45) is 0 Å². The first-order valence-electron chi connectivity index (χ1n) is 6.46. The fourth-order valence-electron chi connectivity index (χ4n) is 1.66. The highest BCUT2D eigenvalue weighted by molar-refractivity contribution is 6.30. The van der Waals surface area contributed by atoms with Crippen LogP contribution in [-0.4, -0.2) is 17.6 Å². The molecule has 2 aromatic rings. The molecule has 0 atom stereocenters. The van der Waals surface area contributed by atoms with E-state index in [1.165, 1.54) is 0 Å². The second-order valence-corrected chi connectivity index (χ2v) is 4.75. The molecular formula is C17H14ClNO2. The molecule has 4 heteroatoms. The average molecular weight is 300 g/mol.